The van der Waals surface area contributed by atoms with Gasteiger partial charge in [0.2, 0.25) is 0 Å². The average molecular weight is 406 g/mol. The maximum atomic E-state index is 13.4. The summed E-state index contributed by atoms with van der Waals surface area (Å²) in [5.41, 5.74) is -0.483. The quantitative estimate of drug-likeness (QED) is 0.242. The summed E-state index contributed by atoms with van der Waals surface area (Å²) in [5, 5.41) is 0. The molecular formula is C21H44NO4P. The Balaban J connectivity index is 5.13. The molecule has 2 atom stereocenters. The van der Waals surface area contributed by atoms with Gasteiger partial charge in [0, 0.05) is 13.1 Å². The van der Waals surface area contributed by atoms with Crippen molar-refractivity contribution in [2.75, 3.05) is 26.3 Å². The SMILES string of the molecule is CCCCC(CC)COP(=O)(OCC(CC)CCCC)C(=O)N(CC)CC. The van der Waals surface area contributed by atoms with Crippen LogP contribution in [0.15, 0.2) is 0 Å². The normalized spacial score (nSPS) is 15.9. The predicted molar refractivity (Wildman–Crippen MR) is 114 cm³/mol. The Morgan fingerprint density at radius 3 is 1.52 bits per heavy atom. The molecule has 0 fully saturated rings. The molecule has 27 heavy (non-hydrogen) atoms. The molecule has 0 aliphatic rings. The first-order chi connectivity index (χ1) is 12.9. The average Bonchev–Trinajstić information content (AvgIpc) is 2.69. The molecule has 0 spiro atoms. The summed E-state index contributed by atoms with van der Waals surface area (Å²) in [6.45, 7) is 14.0. The number of hydrogen-bond donors (Lipinski definition) is 0. The summed E-state index contributed by atoms with van der Waals surface area (Å²) >= 11 is 0. The van der Waals surface area contributed by atoms with E-state index in [9.17, 15) is 9.36 Å². The molecule has 0 radical (unpaired) electrons. The van der Waals surface area contributed by atoms with Crippen LogP contribution in [-0.4, -0.2) is 36.9 Å². The fraction of sp³-hybridized carbons (Fsp3) is 0.952. The fourth-order valence-corrected chi connectivity index (χ4v) is 4.76. The van der Waals surface area contributed by atoms with E-state index < -0.39 is 13.2 Å². The molecule has 0 aliphatic heterocycles. The molecule has 0 N–H and O–H groups in total. The van der Waals surface area contributed by atoms with Crippen LogP contribution in [0, 0.1) is 11.8 Å². The smallest absolute Gasteiger partial charge is 0.333 e. The molecule has 0 saturated heterocycles. The van der Waals surface area contributed by atoms with E-state index in [-0.39, 0.29) is 0 Å². The molecule has 0 heterocycles. The van der Waals surface area contributed by atoms with Gasteiger partial charge in [-0.2, -0.15) is 0 Å². The molecule has 0 aromatic heterocycles. The van der Waals surface area contributed by atoms with Crippen LogP contribution in [0.3, 0.4) is 0 Å². The van der Waals surface area contributed by atoms with Crippen molar-refractivity contribution in [1.29, 1.82) is 0 Å². The van der Waals surface area contributed by atoms with E-state index >= 15 is 0 Å². The van der Waals surface area contributed by atoms with Gasteiger partial charge in [-0.3, -0.25) is 4.79 Å². The molecule has 2 unspecified atom stereocenters. The lowest BCUT2D eigenvalue weighted by molar-refractivity contribution is 0.144. The van der Waals surface area contributed by atoms with Gasteiger partial charge < -0.3 is 13.9 Å². The van der Waals surface area contributed by atoms with Crippen molar-refractivity contribution in [3.63, 3.8) is 0 Å². The van der Waals surface area contributed by atoms with Crippen molar-refractivity contribution in [3.8, 4) is 0 Å². The largest absolute Gasteiger partial charge is 0.418 e. The molecule has 0 bridgehead atoms. The summed E-state index contributed by atoms with van der Waals surface area (Å²) in [6, 6.07) is 0. The molecule has 1 amide bonds. The maximum Gasteiger partial charge on any atom is 0.418 e. The second-order valence-electron chi connectivity index (χ2n) is 7.38. The van der Waals surface area contributed by atoms with E-state index in [1.165, 1.54) is 0 Å². The first-order valence-corrected chi connectivity index (χ1v) is 12.6. The lowest BCUT2D eigenvalue weighted by Gasteiger charge is -2.27. The summed E-state index contributed by atoms with van der Waals surface area (Å²) in [7, 11) is -3.81. The molecule has 6 heteroatoms. The third-order valence-corrected chi connectivity index (χ3v) is 7.04. The highest BCUT2D eigenvalue weighted by Gasteiger charge is 2.39. The second-order valence-corrected chi connectivity index (χ2v) is 9.27. The van der Waals surface area contributed by atoms with Gasteiger partial charge in [-0.05, 0) is 38.5 Å². The molecule has 162 valence electrons. The zero-order valence-corrected chi connectivity index (χ0v) is 19.6. The van der Waals surface area contributed by atoms with Gasteiger partial charge in [-0.25, -0.2) is 4.57 Å². The number of carbonyl (C=O) groups excluding carboxylic acids is 1. The van der Waals surface area contributed by atoms with E-state index in [0.29, 0.717) is 38.1 Å². The van der Waals surface area contributed by atoms with Gasteiger partial charge in [0.1, 0.15) is 0 Å². The first-order valence-electron chi connectivity index (χ1n) is 11.1. The lowest BCUT2D eigenvalue weighted by atomic mass is 10.0. The maximum absolute atomic E-state index is 13.4. The van der Waals surface area contributed by atoms with E-state index in [0.717, 1.165) is 51.4 Å². The van der Waals surface area contributed by atoms with Crippen LogP contribution in [0.25, 0.3) is 0 Å². The van der Waals surface area contributed by atoms with E-state index in [4.69, 9.17) is 9.05 Å². The molecule has 0 aromatic carbocycles. The number of unbranched alkanes of at least 4 members (excludes halogenated alkanes) is 2. The van der Waals surface area contributed by atoms with Crippen LogP contribution < -0.4 is 0 Å². The number of rotatable bonds is 17. The van der Waals surface area contributed by atoms with Crippen molar-refractivity contribution in [2.45, 2.75) is 92.9 Å². The second kappa shape index (κ2) is 15.5. The zero-order chi connectivity index (χ0) is 20.7. The van der Waals surface area contributed by atoms with Gasteiger partial charge in [-0.1, -0.05) is 66.2 Å². The Hall–Kier alpha value is -0.380. The molecule has 0 aliphatic carbocycles. The molecule has 0 rings (SSSR count). The predicted octanol–water partition coefficient (Wildman–Crippen LogP) is 7.11. The van der Waals surface area contributed by atoms with Crippen molar-refractivity contribution in [3.05, 3.63) is 0 Å². The number of nitrogens with zero attached hydrogens (tertiary/aromatic N) is 1. The van der Waals surface area contributed by atoms with Crippen LogP contribution in [0.5, 0.6) is 0 Å². The summed E-state index contributed by atoms with van der Waals surface area (Å²) in [5.74, 6) is 0.627. The minimum Gasteiger partial charge on any atom is -0.333 e. The summed E-state index contributed by atoms with van der Waals surface area (Å²) in [6.07, 6.45) is 8.44. The standard InChI is InChI=1S/C21H44NO4P/c1-7-13-15-19(9-3)17-25-27(24,21(23)22(11-5)12-6)26-18-20(10-4)16-14-8-2/h19-20H,7-18H2,1-6H3. The van der Waals surface area contributed by atoms with Crippen LogP contribution in [0.4, 0.5) is 4.79 Å². The Labute approximate surface area is 168 Å². The number of amides is 1. The Morgan fingerprint density at radius 1 is 0.815 bits per heavy atom. The fourth-order valence-electron chi connectivity index (χ4n) is 3.02. The lowest BCUT2D eigenvalue weighted by Crippen LogP contribution is -2.31. The highest BCUT2D eigenvalue weighted by Crippen LogP contribution is 2.52. The first kappa shape index (κ1) is 26.6. The van der Waals surface area contributed by atoms with Gasteiger partial charge in [-0.15, -0.1) is 0 Å². The van der Waals surface area contributed by atoms with Crippen molar-refractivity contribution in [2.24, 2.45) is 11.8 Å². The summed E-state index contributed by atoms with van der Waals surface area (Å²) in [4.78, 5) is 14.4. The highest BCUT2D eigenvalue weighted by atomic mass is 31.2. The molecule has 0 aromatic rings. The third kappa shape index (κ3) is 10.1. The number of carbonyl (C=O) groups is 1. The zero-order valence-electron chi connectivity index (χ0n) is 18.7. The van der Waals surface area contributed by atoms with Crippen LogP contribution in [0.2, 0.25) is 0 Å². The van der Waals surface area contributed by atoms with Crippen molar-refractivity contribution in [1.82, 2.24) is 4.90 Å². The van der Waals surface area contributed by atoms with Gasteiger partial charge in [0.05, 0.1) is 13.2 Å². The van der Waals surface area contributed by atoms with E-state index in [1.54, 1.807) is 4.90 Å². The molecular weight excluding hydrogens is 361 g/mol. The van der Waals surface area contributed by atoms with Crippen molar-refractivity contribution < 1.29 is 18.4 Å². The van der Waals surface area contributed by atoms with Crippen LogP contribution in [0.1, 0.15) is 92.9 Å². The van der Waals surface area contributed by atoms with Crippen LogP contribution in [-0.2, 0) is 13.6 Å². The van der Waals surface area contributed by atoms with E-state index in [1.807, 2.05) is 13.8 Å². The van der Waals surface area contributed by atoms with Gasteiger partial charge in [0.25, 0.3) is 0 Å². The minimum absolute atomic E-state index is 0.313. The monoisotopic (exact) mass is 405 g/mol. The third-order valence-electron chi connectivity index (χ3n) is 5.32. The molecule has 5 nitrogen and oxygen atoms in total. The highest BCUT2D eigenvalue weighted by molar-refractivity contribution is 7.71. The summed E-state index contributed by atoms with van der Waals surface area (Å²) < 4.78 is 25.0. The Kier molecular flexibility index (Phi) is 15.3. The topological polar surface area (TPSA) is 55.8 Å². The van der Waals surface area contributed by atoms with Crippen molar-refractivity contribution >= 4 is 13.2 Å². The van der Waals surface area contributed by atoms with E-state index in [2.05, 4.69) is 27.7 Å². The molecule has 0 saturated carbocycles. The number of hydrogen-bond acceptors (Lipinski definition) is 4. The Morgan fingerprint density at radius 2 is 1.22 bits per heavy atom. The minimum atomic E-state index is -3.81. The van der Waals surface area contributed by atoms with Gasteiger partial charge in [0.15, 0.2) is 0 Å². The van der Waals surface area contributed by atoms with Crippen LogP contribution >= 0.6 is 7.60 Å². The Bertz CT molecular complexity index is 402. The van der Waals surface area contributed by atoms with Gasteiger partial charge >= 0.3 is 13.2 Å².